The third-order valence-corrected chi connectivity index (χ3v) is 11.7. The van der Waals surface area contributed by atoms with Crippen molar-refractivity contribution in [2.45, 2.75) is 93.4 Å². The van der Waals surface area contributed by atoms with E-state index in [2.05, 4.69) is 53.7 Å². The van der Waals surface area contributed by atoms with Crippen LogP contribution in [0.1, 0.15) is 93.4 Å². The van der Waals surface area contributed by atoms with Crippen molar-refractivity contribution in [3.8, 4) is 0 Å². The molecule has 192 valence electrons. The number of hydrogen-bond donors (Lipinski definition) is 2. The second kappa shape index (κ2) is 7.33. The summed E-state index contributed by atoms with van der Waals surface area (Å²) < 4.78 is 16.3. The quantitative estimate of drug-likeness (QED) is 0.392. The van der Waals surface area contributed by atoms with Gasteiger partial charge in [0, 0.05) is 11.0 Å². The monoisotopic (exact) mass is 500 g/mol. The van der Waals surface area contributed by atoms with Gasteiger partial charge in [-0.25, -0.2) is 4.57 Å². The summed E-state index contributed by atoms with van der Waals surface area (Å²) in [7, 11) is -4.82. The third-order valence-electron chi connectivity index (χ3n) is 11.3. The van der Waals surface area contributed by atoms with Crippen molar-refractivity contribution in [3.63, 3.8) is 0 Å². The van der Waals surface area contributed by atoms with Crippen LogP contribution < -0.4 is 0 Å². The minimum atomic E-state index is -4.82. The molecule has 0 radical (unpaired) electrons. The van der Waals surface area contributed by atoms with Gasteiger partial charge in [-0.15, -0.1) is 0 Å². The van der Waals surface area contributed by atoms with Gasteiger partial charge in [0.15, 0.2) is 5.76 Å². The first-order valence-corrected chi connectivity index (χ1v) is 14.7. The molecule has 0 aromatic heterocycles. The molecular weight excluding hydrogens is 459 g/mol. The molecule has 5 atom stereocenters. The topological polar surface area (TPSA) is 83.8 Å². The summed E-state index contributed by atoms with van der Waals surface area (Å²) in [6.07, 6.45) is 14.3. The first-order valence-electron chi connectivity index (χ1n) is 13.1. The molecule has 3 saturated carbocycles. The maximum atomic E-state index is 13.0. The minimum absolute atomic E-state index is 0.0316. The highest BCUT2D eigenvalue weighted by Crippen LogP contribution is 2.75. The summed E-state index contributed by atoms with van der Waals surface area (Å²) >= 11 is 0. The van der Waals surface area contributed by atoms with Crippen molar-refractivity contribution in [1.82, 2.24) is 0 Å². The molecule has 5 aliphatic carbocycles. The minimum Gasteiger partial charge on any atom is -0.400 e. The normalized spacial score (nSPS) is 42.6. The Hall–Kier alpha value is -1.42. The lowest BCUT2D eigenvalue weighted by atomic mass is 9.34. The summed E-state index contributed by atoms with van der Waals surface area (Å²) in [5, 5.41) is 0. The van der Waals surface area contributed by atoms with Crippen LogP contribution in [0.25, 0.3) is 0 Å². The van der Waals surface area contributed by atoms with Crippen LogP contribution in [0.15, 0.2) is 46.3 Å². The number of carbonyl (C=O) groups excluding carboxylic acids is 1. The summed E-state index contributed by atoms with van der Waals surface area (Å²) in [4.78, 5) is 31.7. The molecule has 0 bridgehead atoms. The number of phosphoric acid groups is 1. The Kier molecular flexibility index (Phi) is 5.29. The summed E-state index contributed by atoms with van der Waals surface area (Å²) in [5.74, 6) is -0.0251. The Bertz CT molecular complexity index is 1180. The van der Waals surface area contributed by atoms with E-state index in [9.17, 15) is 19.1 Å². The van der Waals surface area contributed by atoms with Crippen molar-refractivity contribution < 1.29 is 23.7 Å². The fourth-order valence-electron chi connectivity index (χ4n) is 8.85. The van der Waals surface area contributed by atoms with E-state index >= 15 is 0 Å². The van der Waals surface area contributed by atoms with Gasteiger partial charge in [-0.1, -0.05) is 59.3 Å². The van der Waals surface area contributed by atoms with Crippen molar-refractivity contribution in [1.29, 1.82) is 0 Å². The summed E-state index contributed by atoms with van der Waals surface area (Å²) in [5.41, 5.74) is 4.49. The van der Waals surface area contributed by atoms with E-state index in [0.717, 1.165) is 30.4 Å². The summed E-state index contributed by atoms with van der Waals surface area (Å²) in [6, 6.07) is 0. The predicted octanol–water partition coefficient (Wildman–Crippen LogP) is 7.18. The lowest BCUT2D eigenvalue weighted by Crippen LogP contribution is -2.61. The van der Waals surface area contributed by atoms with E-state index in [4.69, 9.17) is 4.52 Å². The molecule has 5 nitrogen and oxygen atoms in total. The zero-order valence-corrected chi connectivity index (χ0v) is 23.2. The van der Waals surface area contributed by atoms with Gasteiger partial charge in [0.25, 0.3) is 0 Å². The van der Waals surface area contributed by atoms with Crippen LogP contribution in [-0.2, 0) is 13.9 Å². The van der Waals surface area contributed by atoms with Gasteiger partial charge in [0.1, 0.15) is 0 Å². The number of fused-ring (bicyclic) bond motifs is 7. The van der Waals surface area contributed by atoms with Crippen LogP contribution in [0, 0.1) is 33.0 Å². The maximum Gasteiger partial charge on any atom is 0.524 e. The second-order valence-corrected chi connectivity index (χ2v) is 14.9. The van der Waals surface area contributed by atoms with Gasteiger partial charge in [0.2, 0.25) is 5.78 Å². The summed E-state index contributed by atoms with van der Waals surface area (Å²) in [6.45, 7) is 16.5. The van der Waals surface area contributed by atoms with Crippen molar-refractivity contribution >= 4 is 13.6 Å². The molecule has 0 heterocycles. The molecule has 0 aromatic rings. The van der Waals surface area contributed by atoms with E-state index < -0.39 is 13.6 Å². The lowest BCUT2D eigenvalue weighted by Gasteiger charge is -2.70. The molecule has 0 saturated heterocycles. The predicted molar refractivity (Wildman–Crippen MR) is 137 cm³/mol. The van der Waals surface area contributed by atoms with Gasteiger partial charge in [-0.05, 0) is 96.7 Å². The Labute approximate surface area is 210 Å². The molecule has 2 N–H and O–H groups in total. The van der Waals surface area contributed by atoms with Gasteiger partial charge < -0.3 is 4.52 Å². The second-order valence-electron chi connectivity index (χ2n) is 13.8. The molecule has 0 unspecified atom stereocenters. The molecule has 3 fully saturated rings. The Balaban J connectivity index is 1.62. The maximum absolute atomic E-state index is 13.0. The van der Waals surface area contributed by atoms with Crippen LogP contribution in [-0.4, -0.2) is 15.6 Å². The largest absolute Gasteiger partial charge is 0.524 e. The SMILES string of the molecule is CC1=C(OP(=O)(O)O)C(=O)C=C2C1=CC=C1[C@@]2(C)CC[C@@]2(C)[C@@H]3CC(C)(C)CC[C@@]3(C)CC[C@]12C. The molecule has 35 heavy (non-hydrogen) atoms. The Morgan fingerprint density at radius 1 is 0.943 bits per heavy atom. The Morgan fingerprint density at radius 2 is 1.60 bits per heavy atom. The molecule has 5 aliphatic rings. The standard InChI is InChI=1S/C29H41O5P/c1-18-19-8-9-22-27(5,20(19)16-21(30)24(18)34-35(31,32)33)13-15-29(7)23-17-25(2,3)10-11-26(23,4)12-14-28(22,29)6/h8-9,16,23H,10-15,17H2,1-7H3,(H2,31,32,33)/t23-,26+,27+,28-,29+/m1/s1. The highest BCUT2D eigenvalue weighted by Gasteiger charge is 2.66. The number of rotatable bonds is 2. The van der Waals surface area contributed by atoms with Crippen LogP contribution in [0.4, 0.5) is 0 Å². The van der Waals surface area contributed by atoms with E-state index in [1.807, 2.05) is 0 Å². The average molecular weight is 501 g/mol. The fourth-order valence-corrected chi connectivity index (χ4v) is 9.31. The van der Waals surface area contributed by atoms with E-state index in [-0.39, 0.29) is 22.0 Å². The highest BCUT2D eigenvalue weighted by atomic mass is 31.2. The number of allylic oxidation sites excluding steroid dienone is 7. The average Bonchev–Trinajstić information content (AvgIpc) is 2.74. The van der Waals surface area contributed by atoms with Crippen molar-refractivity contribution in [2.24, 2.45) is 33.0 Å². The number of hydrogen-bond acceptors (Lipinski definition) is 3. The molecule has 5 rings (SSSR count). The highest BCUT2D eigenvalue weighted by molar-refractivity contribution is 7.46. The molecular formula is C29H41O5P. The number of ketones is 1. The van der Waals surface area contributed by atoms with E-state index in [0.29, 0.717) is 22.3 Å². The number of carbonyl (C=O) groups is 1. The van der Waals surface area contributed by atoms with Crippen LogP contribution >= 0.6 is 7.82 Å². The zero-order valence-electron chi connectivity index (χ0n) is 22.3. The van der Waals surface area contributed by atoms with Crippen LogP contribution in [0.3, 0.4) is 0 Å². The van der Waals surface area contributed by atoms with Crippen LogP contribution in [0.5, 0.6) is 0 Å². The molecule has 0 spiro atoms. The number of phosphoric ester groups is 1. The van der Waals surface area contributed by atoms with Gasteiger partial charge >= 0.3 is 7.82 Å². The zero-order chi connectivity index (χ0) is 25.8. The van der Waals surface area contributed by atoms with Crippen LogP contribution in [0.2, 0.25) is 0 Å². The molecule has 0 amide bonds. The Morgan fingerprint density at radius 3 is 2.26 bits per heavy atom. The van der Waals surface area contributed by atoms with Gasteiger partial charge in [0.05, 0.1) is 0 Å². The van der Waals surface area contributed by atoms with Crippen molar-refractivity contribution in [3.05, 3.63) is 46.3 Å². The van der Waals surface area contributed by atoms with Crippen molar-refractivity contribution in [2.75, 3.05) is 0 Å². The van der Waals surface area contributed by atoms with E-state index in [1.54, 1.807) is 13.0 Å². The molecule has 0 aromatic carbocycles. The van der Waals surface area contributed by atoms with Gasteiger partial charge in [-0.3, -0.25) is 14.6 Å². The first kappa shape index (κ1) is 25.2. The first-order chi connectivity index (χ1) is 16.0. The van der Waals surface area contributed by atoms with Gasteiger partial charge in [-0.2, -0.15) is 0 Å². The van der Waals surface area contributed by atoms with E-state index in [1.165, 1.54) is 31.3 Å². The fraction of sp³-hybridized carbons (Fsp3) is 0.690. The lowest BCUT2D eigenvalue weighted by molar-refractivity contribution is -0.159. The molecule has 6 heteroatoms. The smallest absolute Gasteiger partial charge is 0.400 e. The molecule has 0 aliphatic heterocycles. The third kappa shape index (κ3) is 3.48.